The van der Waals surface area contributed by atoms with E-state index in [2.05, 4.69) is 53.7 Å². The quantitative estimate of drug-likeness (QED) is 0.651. The maximum atomic E-state index is 5.88. The molecule has 0 fully saturated rings. The Morgan fingerprint density at radius 3 is 2.68 bits per heavy atom. The summed E-state index contributed by atoms with van der Waals surface area (Å²) in [5, 5.41) is 4.33. The van der Waals surface area contributed by atoms with Crippen molar-refractivity contribution in [3.63, 3.8) is 0 Å². The number of anilines is 1. The fourth-order valence-corrected chi connectivity index (χ4v) is 3.08. The van der Waals surface area contributed by atoms with Crippen LogP contribution in [-0.2, 0) is 0 Å². The summed E-state index contributed by atoms with van der Waals surface area (Å²) in [4.78, 5) is 1.25. The van der Waals surface area contributed by atoms with Crippen molar-refractivity contribution in [3.05, 3.63) is 65.1 Å². The standard InChI is InChI=1S/C15H13BClNS/c17-13-5-7-14(8-6-13)19-11-16-10-9-12-3-1-2-4-15(12)18-16/h1-10,18H,11H2. The van der Waals surface area contributed by atoms with Crippen molar-refractivity contribution in [1.29, 1.82) is 0 Å². The number of thioether (sulfide) groups is 1. The third-order valence-electron chi connectivity index (χ3n) is 3.05. The Balaban J connectivity index is 1.62. The van der Waals surface area contributed by atoms with Crippen LogP contribution in [0.15, 0.2) is 59.4 Å². The van der Waals surface area contributed by atoms with Gasteiger partial charge in [-0.15, -0.1) is 11.8 Å². The molecule has 0 radical (unpaired) electrons. The highest BCUT2D eigenvalue weighted by molar-refractivity contribution is 8.00. The van der Waals surface area contributed by atoms with Gasteiger partial charge in [-0.05, 0) is 35.9 Å². The molecule has 0 saturated carbocycles. The molecule has 3 rings (SSSR count). The van der Waals surface area contributed by atoms with Crippen LogP contribution in [0.3, 0.4) is 0 Å². The van der Waals surface area contributed by atoms with E-state index in [0.29, 0.717) is 6.85 Å². The molecule has 1 heterocycles. The van der Waals surface area contributed by atoms with Gasteiger partial charge < -0.3 is 5.23 Å². The van der Waals surface area contributed by atoms with Gasteiger partial charge in [-0.3, -0.25) is 0 Å². The number of hydrogen-bond donors (Lipinski definition) is 1. The molecule has 0 atom stereocenters. The molecule has 4 heteroatoms. The van der Waals surface area contributed by atoms with E-state index in [0.717, 1.165) is 10.7 Å². The first-order chi connectivity index (χ1) is 9.31. The Kier molecular flexibility index (Phi) is 3.85. The first-order valence-electron chi connectivity index (χ1n) is 6.23. The van der Waals surface area contributed by atoms with Gasteiger partial charge in [0.2, 0.25) is 0 Å². The molecule has 0 amide bonds. The number of rotatable bonds is 3. The smallest absolute Gasteiger partial charge is 0.289 e. The van der Waals surface area contributed by atoms with Crippen LogP contribution in [0.1, 0.15) is 5.56 Å². The van der Waals surface area contributed by atoms with Crippen molar-refractivity contribution in [2.45, 2.75) is 4.90 Å². The van der Waals surface area contributed by atoms with Crippen LogP contribution in [0.4, 0.5) is 5.69 Å². The molecule has 94 valence electrons. The van der Waals surface area contributed by atoms with Gasteiger partial charge >= 0.3 is 0 Å². The van der Waals surface area contributed by atoms with E-state index >= 15 is 0 Å². The molecular weight excluding hydrogens is 273 g/mol. The molecule has 0 unspecified atom stereocenters. The van der Waals surface area contributed by atoms with Crippen molar-refractivity contribution in [2.75, 3.05) is 10.9 Å². The highest BCUT2D eigenvalue weighted by Gasteiger charge is 2.16. The Morgan fingerprint density at radius 1 is 1.05 bits per heavy atom. The van der Waals surface area contributed by atoms with E-state index in [1.54, 1.807) is 0 Å². The minimum absolute atomic E-state index is 0.371. The molecule has 1 nitrogen and oxygen atoms in total. The second-order valence-electron chi connectivity index (χ2n) is 4.46. The predicted molar refractivity (Wildman–Crippen MR) is 87.0 cm³/mol. The Hall–Kier alpha value is -1.32. The van der Waals surface area contributed by atoms with Crippen LogP contribution in [0, 0.1) is 0 Å². The summed E-state index contributed by atoms with van der Waals surface area (Å²) >= 11 is 7.72. The zero-order valence-electron chi connectivity index (χ0n) is 10.3. The highest BCUT2D eigenvalue weighted by atomic mass is 35.5. The summed E-state index contributed by atoms with van der Waals surface area (Å²) in [7, 11) is 0. The van der Waals surface area contributed by atoms with Crippen LogP contribution >= 0.6 is 23.4 Å². The lowest BCUT2D eigenvalue weighted by Crippen LogP contribution is -2.28. The van der Waals surface area contributed by atoms with E-state index in [9.17, 15) is 0 Å². The summed E-state index contributed by atoms with van der Waals surface area (Å²) in [6.07, 6.45) is 2.19. The lowest BCUT2D eigenvalue weighted by atomic mass is 9.62. The Bertz CT molecular complexity index is 597. The van der Waals surface area contributed by atoms with Gasteiger partial charge in [0, 0.05) is 21.3 Å². The van der Waals surface area contributed by atoms with Crippen molar-refractivity contribution >= 4 is 42.0 Å². The van der Waals surface area contributed by atoms with Crippen LogP contribution in [0.5, 0.6) is 0 Å². The van der Waals surface area contributed by atoms with Crippen LogP contribution in [0.25, 0.3) is 6.08 Å². The molecular formula is C15H13BClNS. The molecule has 0 spiro atoms. The fraction of sp³-hybridized carbons (Fsp3) is 0.0667. The van der Waals surface area contributed by atoms with Crippen molar-refractivity contribution < 1.29 is 0 Å². The topological polar surface area (TPSA) is 12.0 Å². The van der Waals surface area contributed by atoms with Crippen molar-refractivity contribution in [1.82, 2.24) is 0 Å². The third-order valence-corrected chi connectivity index (χ3v) is 4.44. The Labute approximate surface area is 123 Å². The second-order valence-corrected chi connectivity index (χ2v) is 5.99. The maximum absolute atomic E-state index is 5.88. The van der Waals surface area contributed by atoms with Crippen LogP contribution in [-0.4, -0.2) is 12.5 Å². The molecule has 0 aliphatic carbocycles. The predicted octanol–water partition coefficient (Wildman–Crippen LogP) is 4.64. The van der Waals surface area contributed by atoms with Crippen LogP contribution in [0.2, 0.25) is 5.02 Å². The van der Waals surface area contributed by atoms with Gasteiger partial charge in [0.25, 0.3) is 6.85 Å². The molecule has 1 aliphatic heterocycles. The zero-order chi connectivity index (χ0) is 13.1. The average molecular weight is 286 g/mol. The van der Waals surface area contributed by atoms with Gasteiger partial charge in [0.05, 0.1) is 0 Å². The molecule has 0 aromatic heterocycles. The first-order valence-corrected chi connectivity index (χ1v) is 7.60. The van der Waals surface area contributed by atoms with Gasteiger partial charge in [0.15, 0.2) is 0 Å². The number of hydrogen-bond acceptors (Lipinski definition) is 2. The first kappa shape index (κ1) is 12.7. The number of nitrogens with one attached hydrogen (secondary N) is 1. The number of benzene rings is 2. The number of halogens is 1. The monoisotopic (exact) mass is 285 g/mol. The summed E-state index contributed by atoms with van der Waals surface area (Å²) < 4.78 is 0. The normalized spacial score (nSPS) is 13.0. The lowest BCUT2D eigenvalue weighted by molar-refractivity contribution is 1.46. The summed E-state index contributed by atoms with van der Waals surface area (Å²) in [5.41, 5.74) is 3.48. The molecule has 1 N–H and O–H groups in total. The maximum Gasteiger partial charge on any atom is 0.289 e. The second kappa shape index (κ2) is 5.76. The van der Waals surface area contributed by atoms with E-state index in [1.807, 2.05) is 23.9 Å². The average Bonchev–Trinajstić information content (AvgIpc) is 2.46. The molecule has 19 heavy (non-hydrogen) atoms. The molecule has 2 aromatic rings. The van der Waals surface area contributed by atoms with Crippen molar-refractivity contribution in [3.8, 4) is 0 Å². The van der Waals surface area contributed by atoms with E-state index < -0.39 is 0 Å². The Morgan fingerprint density at radius 2 is 1.84 bits per heavy atom. The number of para-hydroxylation sites is 1. The van der Waals surface area contributed by atoms with Gasteiger partial charge in [-0.2, -0.15) is 0 Å². The third kappa shape index (κ3) is 3.17. The summed E-state index contributed by atoms with van der Waals surface area (Å²) in [6.45, 7) is 0.371. The SMILES string of the molecule is Clc1ccc(SCB2C=Cc3ccccc3N2)cc1. The van der Waals surface area contributed by atoms with E-state index in [-0.39, 0.29) is 0 Å². The fourth-order valence-electron chi connectivity index (χ4n) is 2.06. The van der Waals surface area contributed by atoms with E-state index in [1.165, 1.54) is 16.1 Å². The van der Waals surface area contributed by atoms with Crippen molar-refractivity contribution in [2.24, 2.45) is 0 Å². The molecule has 1 aliphatic rings. The van der Waals surface area contributed by atoms with E-state index in [4.69, 9.17) is 11.6 Å². The minimum Gasteiger partial charge on any atom is -0.423 e. The number of fused-ring (bicyclic) bond motifs is 1. The largest absolute Gasteiger partial charge is 0.423 e. The molecule has 2 aromatic carbocycles. The summed E-state index contributed by atoms with van der Waals surface area (Å²) in [6, 6.07) is 16.4. The zero-order valence-corrected chi connectivity index (χ0v) is 11.9. The van der Waals surface area contributed by atoms with Gasteiger partial charge in [0.1, 0.15) is 0 Å². The summed E-state index contributed by atoms with van der Waals surface area (Å²) in [5.74, 6) is 2.23. The van der Waals surface area contributed by atoms with Crippen LogP contribution < -0.4 is 5.23 Å². The lowest BCUT2D eigenvalue weighted by Gasteiger charge is -2.19. The van der Waals surface area contributed by atoms with Gasteiger partial charge in [-0.1, -0.05) is 41.9 Å². The minimum atomic E-state index is 0.371. The molecule has 0 saturated heterocycles. The van der Waals surface area contributed by atoms with Gasteiger partial charge in [-0.25, -0.2) is 0 Å². The highest BCUT2D eigenvalue weighted by Crippen LogP contribution is 2.25. The molecule has 0 bridgehead atoms.